The van der Waals surface area contributed by atoms with Gasteiger partial charge in [-0.2, -0.15) is 5.48 Å². The van der Waals surface area contributed by atoms with E-state index < -0.39 is 17.8 Å². The molecule has 30 heavy (non-hydrogen) atoms. The van der Waals surface area contributed by atoms with Gasteiger partial charge in [0, 0.05) is 36.7 Å². The van der Waals surface area contributed by atoms with Crippen LogP contribution in [0.5, 0.6) is 5.75 Å². The molecule has 3 N–H and O–H groups in total. The number of carbonyl (C=O) groups excluding carboxylic acids is 2. The van der Waals surface area contributed by atoms with Crippen LogP contribution in [0.2, 0.25) is 5.02 Å². The molecule has 1 aliphatic heterocycles. The monoisotopic (exact) mass is 441 g/mol. The molecule has 3 rings (SSSR count). The fraction of sp³-hybridized carbons (Fsp3) is 0.500. The van der Waals surface area contributed by atoms with E-state index in [1.165, 1.54) is 12.1 Å². The van der Waals surface area contributed by atoms with Gasteiger partial charge in [0.15, 0.2) is 12.7 Å². The van der Waals surface area contributed by atoms with Crippen LogP contribution in [0.1, 0.15) is 32.1 Å². The molecule has 1 heterocycles. The van der Waals surface area contributed by atoms with Crippen molar-refractivity contribution in [2.75, 3.05) is 13.2 Å². The molecule has 3 atom stereocenters. The van der Waals surface area contributed by atoms with Gasteiger partial charge in [-0.15, -0.1) is 4.99 Å². The quantitative estimate of drug-likeness (QED) is 0.536. The van der Waals surface area contributed by atoms with Crippen LogP contribution >= 0.6 is 11.6 Å². The molecule has 0 spiro atoms. The Morgan fingerprint density at radius 2 is 2.13 bits per heavy atom. The third-order valence-corrected chi connectivity index (χ3v) is 5.43. The molecule has 2 aliphatic rings. The van der Waals surface area contributed by atoms with E-state index in [0.717, 1.165) is 31.7 Å². The Labute approximate surface area is 179 Å². The van der Waals surface area contributed by atoms with Gasteiger partial charge in [0.1, 0.15) is 11.6 Å². The van der Waals surface area contributed by atoms with Gasteiger partial charge in [0.25, 0.3) is 11.8 Å². The van der Waals surface area contributed by atoms with Crippen LogP contribution in [-0.4, -0.2) is 37.1 Å². The lowest BCUT2D eigenvalue weighted by molar-refractivity contribution is -0.398. The summed E-state index contributed by atoms with van der Waals surface area (Å²) in [6.07, 6.45) is 3.69. The smallest absolute Gasteiger partial charge is 0.262 e. The van der Waals surface area contributed by atoms with E-state index in [2.05, 4.69) is 22.7 Å². The van der Waals surface area contributed by atoms with Gasteiger partial charge in [0.2, 0.25) is 0 Å². The van der Waals surface area contributed by atoms with Gasteiger partial charge in [-0.3, -0.25) is 9.59 Å². The van der Waals surface area contributed by atoms with E-state index in [4.69, 9.17) is 26.2 Å². The van der Waals surface area contributed by atoms with Crippen molar-refractivity contribution >= 4 is 23.4 Å². The average Bonchev–Trinajstić information content (AvgIpc) is 2.74. The molecule has 1 saturated heterocycles. The van der Waals surface area contributed by atoms with E-state index >= 15 is 0 Å². The van der Waals surface area contributed by atoms with Crippen molar-refractivity contribution in [2.24, 2.45) is 5.92 Å². The molecule has 2 amide bonds. The maximum atomic E-state index is 13.4. The number of nitrogens with one attached hydrogen (secondary N) is 3. The summed E-state index contributed by atoms with van der Waals surface area (Å²) in [7, 11) is 0. The second-order valence-electron chi connectivity index (χ2n) is 7.33. The fourth-order valence-corrected chi connectivity index (χ4v) is 3.69. The van der Waals surface area contributed by atoms with Gasteiger partial charge in [-0.25, -0.2) is 9.28 Å². The summed E-state index contributed by atoms with van der Waals surface area (Å²) in [6.45, 7) is 3.74. The Bertz CT molecular complexity index is 792. The van der Waals surface area contributed by atoms with Gasteiger partial charge in [-0.1, -0.05) is 31.0 Å². The molecule has 0 bridgehead atoms. The standard InChI is InChI=1S/C20H25ClFN3O5/c1-12(24-18(26)11-28-13-6-7-15(21)16(22)10-13)8-9-23-20(27)19-14-4-2-3-5-17(14)25-30-29-19/h6-7,10,14,17,19,25H,1-5,8-9,11H2,(H,23,27)(H,24,26). The molecule has 164 valence electrons. The highest BCUT2D eigenvalue weighted by Gasteiger charge is 2.41. The maximum absolute atomic E-state index is 13.4. The van der Waals surface area contributed by atoms with E-state index in [1.54, 1.807) is 0 Å². The largest absolute Gasteiger partial charge is 0.484 e. The zero-order valence-electron chi connectivity index (χ0n) is 16.4. The summed E-state index contributed by atoms with van der Waals surface area (Å²) in [5.74, 6) is -1.06. The molecular formula is C20H25ClFN3O5. The normalized spacial score (nSPS) is 23.2. The number of fused-ring (bicyclic) bond motifs is 1. The van der Waals surface area contributed by atoms with Crippen molar-refractivity contribution in [1.29, 1.82) is 0 Å². The maximum Gasteiger partial charge on any atom is 0.262 e. The SMILES string of the molecule is C=C(CCNC(=O)C1OONC2CCCCC21)NC(=O)COc1ccc(Cl)c(F)c1. The van der Waals surface area contributed by atoms with Crippen LogP contribution < -0.4 is 20.9 Å². The first-order valence-corrected chi connectivity index (χ1v) is 10.2. The molecule has 3 unspecified atom stereocenters. The van der Waals surface area contributed by atoms with Crippen molar-refractivity contribution in [3.63, 3.8) is 0 Å². The van der Waals surface area contributed by atoms with Crippen molar-refractivity contribution < 1.29 is 28.6 Å². The van der Waals surface area contributed by atoms with Crippen molar-refractivity contribution in [3.05, 3.63) is 41.3 Å². The molecule has 1 saturated carbocycles. The minimum atomic E-state index is -0.660. The lowest BCUT2D eigenvalue weighted by Crippen LogP contribution is -2.55. The lowest BCUT2D eigenvalue weighted by Gasteiger charge is -2.39. The zero-order valence-corrected chi connectivity index (χ0v) is 17.2. The minimum absolute atomic E-state index is 0.0253. The van der Waals surface area contributed by atoms with Gasteiger partial charge >= 0.3 is 0 Å². The minimum Gasteiger partial charge on any atom is -0.484 e. The topological polar surface area (TPSA) is 97.9 Å². The number of hydrogen-bond acceptors (Lipinski definition) is 6. The number of carbonyl (C=O) groups is 2. The zero-order chi connectivity index (χ0) is 21.5. The van der Waals surface area contributed by atoms with Crippen LogP contribution in [0.3, 0.4) is 0 Å². The molecule has 0 radical (unpaired) electrons. The molecule has 1 aromatic carbocycles. The Kier molecular flexibility index (Phi) is 8.03. The van der Waals surface area contributed by atoms with Crippen LogP contribution in [0.4, 0.5) is 4.39 Å². The predicted molar refractivity (Wildman–Crippen MR) is 107 cm³/mol. The third kappa shape index (κ3) is 6.15. The predicted octanol–water partition coefficient (Wildman–Crippen LogP) is 2.39. The summed E-state index contributed by atoms with van der Waals surface area (Å²) in [5, 5.41) is 5.34. The third-order valence-electron chi connectivity index (χ3n) is 5.12. The highest BCUT2D eigenvalue weighted by Crippen LogP contribution is 2.31. The number of ether oxygens (including phenoxy) is 1. The highest BCUT2D eigenvalue weighted by molar-refractivity contribution is 6.30. The number of rotatable bonds is 8. The molecule has 2 fully saturated rings. The number of benzene rings is 1. The Morgan fingerprint density at radius 1 is 1.33 bits per heavy atom. The average molecular weight is 442 g/mol. The lowest BCUT2D eigenvalue weighted by atomic mass is 9.81. The van der Waals surface area contributed by atoms with Crippen LogP contribution in [-0.2, 0) is 19.5 Å². The number of halogens is 2. The first-order valence-electron chi connectivity index (χ1n) is 9.85. The molecule has 10 heteroatoms. The highest BCUT2D eigenvalue weighted by atomic mass is 35.5. The molecule has 0 aromatic heterocycles. The fourth-order valence-electron chi connectivity index (χ4n) is 3.57. The Hall–Kier alpha value is -2.20. The van der Waals surface area contributed by atoms with E-state index in [9.17, 15) is 14.0 Å². The summed E-state index contributed by atoms with van der Waals surface area (Å²) in [6, 6.07) is 4.03. The number of amides is 2. The van der Waals surface area contributed by atoms with Crippen LogP contribution in [0.25, 0.3) is 0 Å². The Morgan fingerprint density at radius 3 is 2.93 bits per heavy atom. The second kappa shape index (κ2) is 10.7. The summed E-state index contributed by atoms with van der Waals surface area (Å²) in [5.41, 5.74) is 3.25. The molecule has 1 aromatic rings. The Balaban J connectivity index is 1.35. The second-order valence-corrected chi connectivity index (χ2v) is 7.74. The number of hydroxylamine groups is 1. The van der Waals surface area contributed by atoms with Crippen LogP contribution in [0, 0.1) is 11.7 Å². The van der Waals surface area contributed by atoms with E-state index in [1.807, 2.05) is 0 Å². The van der Waals surface area contributed by atoms with Gasteiger partial charge in [0.05, 0.1) is 5.02 Å². The number of hydrogen-bond donors (Lipinski definition) is 3. The first kappa shape index (κ1) is 22.5. The molecule has 1 aliphatic carbocycles. The molecular weight excluding hydrogens is 417 g/mol. The van der Waals surface area contributed by atoms with Gasteiger partial charge < -0.3 is 15.4 Å². The van der Waals surface area contributed by atoms with Crippen molar-refractivity contribution in [2.45, 2.75) is 44.2 Å². The van der Waals surface area contributed by atoms with Gasteiger partial charge in [-0.05, 0) is 25.0 Å². The van der Waals surface area contributed by atoms with Crippen LogP contribution in [0.15, 0.2) is 30.5 Å². The van der Waals surface area contributed by atoms with E-state index in [0.29, 0.717) is 12.1 Å². The molecule has 8 nitrogen and oxygen atoms in total. The summed E-state index contributed by atoms with van der Waals surface area (Å²) < 4.78 is 18.6. The van der Waals surface area contributed by atoms with Crippen molar-refractivity contribution in [1.82, 2.24) is 16.1 Å². The summed E-state index contributed by atoms with van der Waals surface area (Å²) >= 11 is 5.60. The summed E-state index contributed by atoms with van der Waals surface area (Å²) in [4.78, 5) is 34.4. The van der Waals surface area contributed by atoms with Crippen molar-refractivity contribution in [3.8, 4) is 5.75 Å². The van der Waals surface area contributed by atoms with E-state index in [-0.39, 0.29) is 41.8 Å². The first-order chi connectivity index (χ1) is 14.4.